The number of rotatable bonds is 6. The van der Waals surface area contributed by atoms with Crippen LogP contribution in [-0.4, -0.2) is 42.3 Å². The van der Waals surface area contributed by atoms with Gasteiger partial charge in [0.15, 0.2) is 0 Å². The van der Waals surface area contributed by atoms with Crippen LogP contribution < -0.4 is 0 Å². The van der Waals surface area contributed by atoms with E-state index in [2.05, 4.69) is 10.2 Å². The molecule has 0 unspecified atom stereocenters. The molecule has 0 aliphatic heterocycles. The first-order chi connectivity index (χ1) is 11.2. The molecule has 0 spiro atoms. The first kappa shape index (κ1) is 17.9. The molecule has 9 nitrogen and oxygen atoms in total. The zero-order valence-electron chi connectivity index (χ0n) is 14.0. The Balaban J connectivity index is 2.01. The number of nitro groups is 1. The fraction of sp³-hybridized carbons (Fsp3) is 0.500. The van der Waals surface area contributed by atoms with Crippen molar-refractivity contribution in [2.75, 3.05) is 7.05 Å². The minimum Gasteiger partial charge on any atom is -0.340 e. The van der Waals surface area contributed by atoms with Gasteiger partial charge in [0, 0.05) is 20.5 Å². The van der Waals surface area contributed by atoms with Gasteiger partial charge in [-0.3, -0.25) is 24.3 Å². The minimum atomic E-state index is -0.452. The van der Waals surface area contributed by atoms with Crippen LogP contribution in [0, 0.1) is 24.0 Å². The van der Waals surface area contributed by atoms with Gasteiger partial charge in [0.2, 0.25) is 5.91 Å². The van der Waals surface area contributed by atoms with Gasteiger partial charge in [0.25, 0.3) is 0 Å². The van der Waals surface area contributed by atoms with Gasteiger partial charge in [-0.1, -0.05) is 11.6 Å². The predicted molar refractivity (Wildman–Crippen MR) is 87.7 cm³/mol. The number of nitrogens with zero attached hydrogens (tertiary/aromatic N) is 6. The van der Waals surface area contributed by atoms with E-state index in [0.29, 0.717) is 23.0 Å². The first-order valence-electron chi connectivity index (χ1n) is 7.31. The lowest BCUT2D eigenvalue weighted by Crippen LogP contribution is -2.28. The molecule has 24 heavy (non-hydrogen) atoms. The molecule has 0 aliphatic rings. The number of halogens is 1. The van der Waals surface area contributed by atoms with Gasteiger partial charge in [0.05, 0.1) is 34.9 Å². The normalized spacial score (nSPS) is 10.9. The fourth-order valence-corrected chi connectivity index (χ4v) is 2.71. The van der Waals surface area contributed by atoms with Crippen LogP contribution in [0.4, 0.5) is 5.69 Å². The van der Waals surface area contributed by atoms with Crippen LogP contribution in [-0.2, 0) is 24.9 Å². The van der Waals surface area contributed by atoms with E-state index in [-0.39, 0.29) is 24.6 Å². The number of amides is 1. The highest BCUT2D eigenvalue weighted by Gasteiger charge is 2.22. The van der Waals surface area contributed by atoms with Crippen LogP contribution in [0.5, 0.6) is 0 Å². The summed E-state index contributed by atoms with van der Waals surface area (Å²) >= 11 is 6.04. The predicted octanol–water partition coefficient (Wildman–Crippen LogP) is 1.84. The second-order valence-corrected chi connectivity index (χ2v) is 5.97. The Kier molecular flexibility index (Phi) is 5.23. The van der Waals surface area contributed by atoms with E-state index in [1.165, 1.54) is 10.9 Å². The van der Waals surface area contributed by atoms with Gasteiger partial charge >= 0.3 is 5.69 Å². The Hall–Kier alpha value is -2.42. The van der Waals surface area contributed by atoms with Crippen molar-refractivity contribution in [1.82, 2.24) is 24.5 Å². The molecule has 0 aromatic carbocycles. The second-order valence-electron chi connectivity index (χ2n) is 5.56. The van der Waals surface area contributed by atoms with Gasteiger partial charge in [-0.2, -0.15) is 10.2 Å². The highest BCUT2D eigenvalue weighted by Crippen LogP contribution is 2.22. The van der Waals surface area contributed by atoms with Crippen molar-refractivity contribution in [2.45, 2.75) is 33.4 Å². The molecule has 0 N–H and O–H groups in total. The van der Waals surface area contributed by atoms with Crippen molar-refractivity contribution in [3.8, 4) is 0 Å². The van der Waals surface area contributed by atoms with E-state index in [1.807, 2.05) is 0 Å². The monoisotopic (exact) mass is 354 g/mol. The number of carbonyl (C=O) groups is 1. The molecule has 2 aromatic heterocycles. The lowest BCUT2D eigenvalue weighted by molar-refractivity contribution is -0.386. The maximum absolute atomic E-state index is 12.3. The smallest absolute Gasteiger partial charge is 0.312 e. The largest absolute Gasteiger partial charge is 0.340 e. The molecule has 0 fully saturated rings. The van der Waals surface area contributed by atoms with Crippen LogP contribution >= 0.6 is 11.6 Å². The van der Waals surface area contributed by atoms with E-state index >= 15 is 0 Å². The average Bonchev–Trinajstić information content (AvgIpc) is 2.97. The number of hydrogen-bond acceptors (Lipinski definition) is 5. The van der Waals surface area contributed by atoms with E-state index < -0.39 is 4.92 Å². The summed E-state index contributed by atoms with van der Waals surface area (Å²) in [6.45, 7) is 3.83. The molecule has 1 amide bonds. The summed E-state index contributed by atoms with van der Waals surface area (Å²) < 4.78 is 3.12. The van der Waals surface area contributed by atoms with E-state index in [9.17, 15) is 14.9 Å². The van der Waals surface area contributed by atoms with Crippen molar-refractivity contribution in [2.24, 2.45) is 7.05 Å². The molecule has 130 valence electrons. The van der Waals surface area contributed by atoms with Crippen molar-refractivity contribution in [3.63, 3.8) is 0 Å². The Morgan fingerprint density at radius 1 is 1.46 bits per heavy atom. The van der Waals surface area contributed by atoms with Gasteiger partial charge in [-0.05, 0) is 13.8 Å². The zero-order valence-corrected chi connectivity index (χ0v) is 14.7. The molecular weight excluding hydrogens is 336 g/mol. The van der Waals surface area contributed by atoms with Gasteiger partial charge in [0.1, 0.15) is 11.4 Å². The molecule has 2 aromatic rings. The maximum Gasteiger partial charge on any atom is 0.312 e. The first-order valence-corrected chi connectivity index (χ1v) is 7.69. The van der Waals surface area contributed by atoms with Crippen molar-refractivity contribution in [3.05, 3.63) is 38.4 Å². The van der Waals surface area contributed by atoms with E-state index in [0.717, 1.165) is 5.69 Å². The number of carbonyl (C=O) groups excluding carboxylic acids is 1. The summed E-state index contributed by atoms with van der Waals surface area (Å²) in [5, 5.41) is 19.7. The van der Waals surface area contributed by atoms with Crippen molar-refractivity contribution in [1.29, 1.82) is 0 Å². The quantitative estimate of drug-likeness (QED) is 0.582. The topological polar surface area (TPSA) is 99.1 Å². The third kappa shape index (κ3) is 3.56. The van der Waals surface area contributed by atoms with Gasteiger partial charge in [-0.15, -0.1) is 0 Å². The molecule has 0 atom stereocenters. The summed E-state index contributed by atoms with van der Waals surface area (Å²) in [7, 11) is 3.43. The average molecular weight is 355 g/mol. The van der Waals surface area contributed by atoms with Crippen molar-refractivity contribution < 1.29 is 9.72 Å². The maximum atomic E-state index is 12.3. The molecule has 10 heteroatoms. The molecule has 0 radical (unpaired) electrons. The highest BCUT2D eigenvalue weighted by atomic mass is 35.5. The molecule has 0 bridgehead atoms. The van der Waals surface area contributed by atoms with E-state index in [1.54, 1.807) is 37.5 Å². The molecule has 0 saturated carbocycles. The lowest BCUT2D eigenvalue weighted by atomic mass is 10.3. The molecule has 2 rings (SSSR count). The van der Waals surface area contributed by atoms with Crippen LogP contribution in [0.1, 0.15) is 23.5 Å². The number of aromatic nitrogens is 4. The van der Waals surface area contributed by atoms with Crippen LogP contribution in [0.15, 0.2) is 6.20 Å². The molecular formula is C14H19ClN6O3. The fourth-order valence-electron chi connectivity index (χ4n) is 2.49. The Morgan fingerprint density at radius 2 is 2.12 bits per heavy atom. The van der Waals surface area contributed by atoms with Gasteiger partial charge < -0.3 is 4.90 Å². The molecule has 2 heterocycles. The van der Waals surface area contributed by atoms with Crippen LogP contribution in [0.25, 0.3) is 0 Å². The summed E-state index contributed by atoms with van der Waals surface area (Å²) in [6, 6.07) is 0. The number of hydrogen-bond donors (Lipinski definition) is 0. The standard InChI is InChI=1S/C14H19ClN6O3/c1-9-14(21(23)24)10(2)20(17-9)6-5-13(22)18(3)8-12-11(15)7-16-19(12)4/h7H,5-6,8H2,1-4H3. The Morgan fingerprint density at radius 3 is 2.62 bits per heavy atom. The Bertz CT molecular complexity index is 762. The van der Waals surface area contributed by atoms with Crippen LogP contribution in [0.2, 0.25) is 5.02 Å². The summed E-state index contributed by atoms with van der Waals surface area (Å²) in [6.07, 6.45) is 1.72. The summed E-state index contributed by atoms with van der Waals surface area (Å²) in [4.78, 5) is 24.4. The number of aryl methyl sites for hydroxylation is 3. The molecule has 0 saturated heterocycles. The summed E-state index contributed by atoms with van der Waals surface area (Å²) in [5.74, 6) is -0.109. The minimum absolute atomic E-state index is 0.00234. The SMILES string of the molecule is Cc1nn(CCC(=O)N(C)Cc2c(Cl)cnn2C)c(C)c1[N+](=O)[O-]. The van der Waals surface area contributed by atoms with Gasteiger partial charge in [-0.25, -0.2) is 0 Å². The second kappa shape index (κ2) is 7.00. The summed E-state index contributed by atoms with van der Waals surface area (Å²) in [5.41, 5.74) is 1.54. The Labute approximate surface area is 144 Å². The zero-order chi connectivity index (χ0) is 18.0. The third-order valence-electron chi connectivity index (χ3n) is 3.89. The van der Waals surface area contributed by atoms with E-state index in [4.69, 9.17) is 11.6 Å². The third-order valence-corrected chi connectivity index (χ3v) is 4.20. The molecule has 0 aliphatic carbocycles. The lowest BCUT2D eigenvalue weighted by Gasteiger charge is -2.17. The highest BCUT2D eigenvalue weighted by molar-refractivity contribution is 6.31. The van der Waals surface area contributed by atoms with Crippen LogP contribution in [0.3, 0.4) is 0 Å². The van der Waals surface area contributed by atoms with Crippen molar-refractivity contribution >= 4 is 23.2 Å².